The first-order chi connectivity index (χ1) is 6.75. The molecule has 98 valence electrons. The molecular formula is C8H14ClF4NO2. The smallest absolute Gasteiger partial charge is 0.404 e. The Morgan fingerprint density at radius 1 is 1.12 bits per heavy atom. The number of carboxylic acid groups (broad SMARTS) is 1. The van der Waals surface area contributed by atoms with Gasteiger partial charge in [-0.2, -0.15) is 17.6 Å². The normalized spacial score (nSPS) is 12.1. The van der Waals surface area contributed by atoms with Crippen LogP contribution in [0.3, 0.4) is 0 Å². The fraction of sp³-hybridized carbons (Fsp3) is 0.875. The maximum absolute atomic E-state index is 12.7. The Morgan fingerprint density at radius 2 is 1.62 bits per heavy atom. The van der Waals surface area contributed by atoms with Crippen LogP contribution in [-0.4, -0.2) is 28.8 Å². The summed E-state index contributed by atoms with van der Waals surface area (Å²) < 4.78 is 50.3. The quantitative estimate of drug-likeness (QED) is 0.422. The highest BCUT2D eigenvalue weighted by Crippen LogP contribution is 2.38. The van der Waals surface area contributed by atoms with E-state index in [0.29, 0.717) is 6.42 Å². The molecule has 16 heavy (non-hydrogen) atoms. The topological polar surface area (TPSA) is 72.3 Å². The second-order valence-corrected chi connectivity index (χ2v) is 3.46. The Morgan fingerprint density at radius 3 is 2.00 bits per heavy atom. The summed E-state index contributed by atoms with van der Waals surface area (Å²) in [7, 11) is 0. The summed E-state index contributed by atoms with van der Waals surface area (Å²) in [5, 5.41) is 7.93. The van der Waals surface area contributed by atoms with Crippen molar-refractivity contribution in [3.63, 3.8) is 0 Å². The van der Waals surface area contributed by atoms with Crippen LogP contribution in [0.1, 0.15) is 25.7 Å². The van der Waals surface area contributed by atoms with Gasteiger partial charge in [0, 0.05) is 12.3 Å². The van der Waals surface area contributed by atoms with E-state index in [0.717, 1.165) is 0 Å². The first kappa shape index (κ1) is 17.8. The SMILES string of the molecule is N.O=C(O)C(F)(F)C(F)(F)CCCCCCl. The molecular weight excluding hydrogens is 254 g/mol. The molecule has 0 atom stereocenters. The summed E-state index contributed by atoms with van der Waals surface area (Å²) in [5.41, 5.74) is 0. The Kier molecular flexibility index (Phi) is 7.69. The molecule has 0 aliphatic heterocycles. The van der Waals surface area contributed by atoms with Gasteiger partial charge in [0.05, 0.1) is 0 Å². The van der Waals surface area contributed by atoms with Crippen molar-refractivity contribution in [2.24, 2.45) is 0 Å². The average molecular weight is 268 g/mol. The summed E-state index contributed by atoms with van der Waals surface area (Å²) in [5.74, 6) is -12.1. The van der Waals surface area contributed by atoms with E-state index in [9.17, 15) is 22.4 Å². The molecule has 0 heterocycles. The summed E-state index contributed by atoms with van der Waals surface area (Å²) in [6, 6.07) is 0. The average Bonchev–Trinajstić information content (AvgIpc) is 2.12. The zero-order chi connectivity index (χ0) is 12.1. The molecule has 0 fully saturated rings. The van der Waals surface area contributed by atoms with Gasteiger partial charge in [0.15, 0.2) is 0 Å². The lowest BCUT2D eigenvalue weighted by atomic mass is 10.0. The van der Waals surface area contributed by atoms with Crippen LogP contribution in [0.5, 0.6) is 0 Å². The van der Waals surface area contributed by atoms with Crippen LogP contribution < -0.4 is 6.15 Å². The molecule has 0 aromatic carbocycles. The third-order valence-corrected chi connectivity index (χ3v) is 2.12. The molecule has 3 nitrogen and oxygen atoms in total. The summed E-state index contributed by atoms with van der Waals surface area (Å²) in [6.45, 7) is 0. The van der Waals surface area contributed by atoms with Crippen LogP contribution in [0.25, 0.3) is 0 Å². The first-order valence-corrected chi connectivity index (χ1v) is 4.84. The van der Waals surface area contributed by atoms with Crippen LogP contribution in [0.4, 0.5) is 17.6 Å². The maximum Gasteiger partial charge on any atom is 0.404 e. The van der Waals surface area contributed by atoms with E-state index in [1.165, 1.54) is 0 Å². The van der Waals surface area contributed by atoms with Gasteiger partial charge in [-0.15, -0.1) is 11.6 Å². The van der Waals surface area contributed by atoms with E-state index in [1.54, 1.807) is 0 Å². The largest absolute Gasteiger partial charge is 0.477 e. The third kappa shape index (κ3) is 4.52. The van der Waals surface area contributed by atoms with Crippen molar-refractivity contribution in [1.29, 1.82) is 0 Å². The minimum atomic E-state index is -5.01. The Hall–Kier alpha value is -0.560. The molecule has 0 bridgehead atoms. The van der Waals surface area contributed by atoms with Crippen molar-refractivity contribution < 1.29 is 27.5 Å². The van der Waals surface area contributed by atoms with Gasteiger partial charge in [-0.25, -0.2) is 4.79 Å². The molecule has 0 amide bonds. The van der Waals surface area contributed by atoms with Gasteiger partial charge in [-0.05, 0) is 12.8 Å². The lowest BCUT2D eigenvalue weighted by Crippen LogP contribution is -2.47. The highest BCUT2D eigenvalue weighted by atomic mass is 35.5. The number of aliphatic carboxylic acids is 1. The molecule has 0 rings (SSSR count). The van der Waals surface area contributed by atoms with E-state index in [4.69, 9.17) is 16.7 Å². The van der Waals surface area contributed by atoms with E-state index < -0.39 is 24.2 Å². The van der Waals surface area contributed by atoms with E-state index >= 15 is 0 Å². The lowest BCUT2D eigenvalue weighted by Gasteiger charge is -2.22. The number of unbranched alkanes of at least 4 members (excludes halogenated alkanes) is 2. The molecule has 0 aromatic heterocycles. The van der Waals surface area contributed by atoms with E-state index in [-0.39, 0.29) is 24.9 Å². The first-order valence-electron chi connectivity index (χ1n) is 4.30. The minimum absolute atomic E-state index is 0. The fourth-order valence-corrected chi connectivity index (χ4v) is 1.12. The van der Waals surface area contributed by atoms with Crippen molar-refractivity contribution in [3.8, 4) is 0 Å². The van der Waals surface area contributed by atoms with Crippen molar-refractivity contribution in [1.82, 2.24) is 6.15 Å². The third-order valence-electron chi connectivity index (χ3n) is 1.85. The minimum Gasteiger partial charge on any atom is -0.477 e. The highest BCUT2D eigenvalue weighted by Gasteiger charge is 2.61. The highest BCUT2D eigenvalue weighted by molar-refractivity contribution is 6.17. The van der Waals surface area contributed by atoms with Crippen LogP contribution in [0.2, 0.25) is 0 Å². The van der Waals surface area contributed by atoms with Gasteiger partial charge in [0.2, 0.25) is 0 Å². The molecule has 0 saturated carbocycles. The zero-order valence-corrected chi connectivity index (χ0v) is 9.24. The van der Waals surface area contributed by atoms with E-state index in [1.807, 2.05) is 0 Å². The van der Waals surface area contributed by atoms with Gasteiger partial charge in [0.1, 0.15) is 0 Å². The summed E-state index contributed by atoms with van der Waals surface area (Å²) >= 11 is 5.26. The lowest BCUT2D eigenvalue weighted by molar-refractivity contribution is -0.226. The maximum atomic E-state index is 12.7. The van der Waals surface area contributed by atoms with Crippen LogP contribution in [0, 0.1) is 0 Å². The van der Waals surface area contributed by atoms with Crippen molar-refractivity contribution in [2.45, 2.75) is 37.5 Å². The molecule has 8 heteroatoms. The standard InChI is InChI=1S/C8H11ClF4O2.H3N/c9-5-3-1-2-4-7(10,11)8(12,13)6(14)15;/h1-5H2,(H,14,15);1H3. The van der Waals surface area contributed by atoms with Crippen molar-refractivity contribution >= 4 is 17.6 Å². The van der Waals surface area contributed by atoms with Crippen LogP contribution in [-0.2, 0) is 4.79 Å². The predicted molar refractivity (Wildman–Crippen MR) is 51.7 cm³/mol. The number of alkyl halides is 5. The van der Waals surface area contributed by atoms with Crippen molar-refractivity contribution in [2.75, 3.05) is 5.88 Å². The monoisotopic (exact) mass is 267 g/mol. The fourth-order valence-electron chi connectivity index (χ4n) is 0.932. The number of carbonyl (C=O) groups is 1. The number of hydrogen-bond acceptors (Lipinski definition) is 2. The molecule has 0 aliphatic rings. The van der Waals surface area contributed by atoms with Gasteiger partial charge in [-0.1, -0.05) is 6.42 Å². The van der Waals surface area contributed by atoms with Crippen molar-refractivity contribution in [3.05, 3.63) is 0 Å². The van der Waals surface area contributed by atoms with E-state index in [2.05, 4.69) is 0 Å². The second kappa shape index (κ2) is 6.90. The number of hydrogen-bond donors (Lipinski definition) is 2. The zero-order valence-electron chi connectivity index (χ0n) is 8.49. The predicted octanol–water partition coefficient (Wildman–Crippen LogP) is 3.30. The molecule has 0 unspecified atom stereocenters. The molecule has 0 radical (unpaired) electrons. The molecule has 4 N–H and O–H groups in total. The number of rotatable bonds is 7. The van der Waals surface area contributed by atoms with Crippen LogP contribution in [0.15, 0.2) is 0 Å². The van der Waals surface area contributed by atoms with Gasteiger partial charge in [-0.3, -0.25) is 0 Å². The second-order valence-electron chi connectivity index (χ2n) is 3.08. The van der Waals surface area contributed by atoms with Gasteiger partial charge < -0.3 is 11.3 Å². The summed E-state index contributed by atoms with van der Waals surface area (Å²) in [4.78, 5) is 9.91. The van der Waals surface area contributed by atoms with Gasteiger partial charge >= 0.3 is 17.8 Å². The molecule has 0 aliphatic carbocycles. The van der Waals surface area contributed by atoms with Gasteiger partial charge in [0.25, 0.3) is 0 Å². The number of carboxylic acids is 1. The summed E-state index contributed by atoms with van der Waals surface area (Å²) in [6.07, 6.45) is -0.614. The molecule has 0 saturated heterocycles. The Bertz CT molecular complexity index is 226. The Labute approximate surface area is 95.4 Å². The number of halogens is 5. The van der Waals surface area contributed by atoms with Crippen LogP contribution >= 0.6 is 11.6 Å². The Balaban J connectivity index is 0. The molecule has 0 aromatic rings. The molecule has 0 spiro atoms.